The molecule has 1 saturated heterocycles. The average Bonchev–Trinajstić information content (AvgIpc) is 2.85. The third-order valence-electron chi connectivity index (χ3n) is 3.92. The van der Waals surface area contributed by atoms with E-state index in [-0.39, 0.29) is 11.5 Å². The predicted molar refractivity (Wildman–Crippen MR) is 94.7 cm³/mol. The van der Waals surface area contributed by atoms with E-state index in [1.807, 2.05) is 12.1 Å². The maximum atomic E-state index is 12.7. The lowest BCUT2D eigenvalue weighted by Gasteiger charge is -2.22. The van der Waals surface area contributed by atoms with Gasteiger partial charge in [-0.15, -0.1) is 0 Å². The number of hydrogen-bond donors (Lipinski definition) is 2. The number of benzene rings is 1. The van der Waals surface area contributed by atoms with Gasteiger partial charge in [0.15, 0.2) is 0 Å². The van der Waals surface area contributed by atoms with Gasteiger partial charge in [-0.25, -0.2) is 4.79 Å². The zero-order valence-electron chi connectivity index (χ0n) is 14.5. The minimum absolute atomic E-state index is 0.219. The summed E-state index contributed by atoms with van der Waals surface area (Å²) < 4.78 is 5.21. The van der Waals surface area contributed by atoms with Crippen LogP contribution in [0.2, 0.25) is 0 Å². The number of hydrogen-bond acceptors (Lipinski definition) is 4. The molecule has 2 aromatic rings. The van der Waals surface area contributed by atoms with Crippen LogP contribution < -0.4 is 15.8 Å². The molecule has 1 aromatic heterocycles. The topological polar surface area (TPSA) is 91.5 Å². The van der Waals surface area contributed by atoms with Crippen LogP contribution in [0, 0.1) is 0 Å². The smallest absolute Gasteiger partial charge is 0.408 e. The Morgan fingerprint density at radius 1 is 1.24 bits per heavy atom. The Morgan fingerprint density at radius 3 is 2.72 bits per heavy atom. The number of fused-ring (bicyclic) bond motifs is 1. The van der Waals surface area contributed by atoms with Crippen molar-refractivity contribution in [3.8, 4) is 0 Å². The van der Waals surface area contributed by atoms with Crippen molar-refractivity contribution in [2.45, 2.75) is 38.8 Å². The van der Waals surface area contributed by atoms with Gasteiger partial charge in [0.25, 0.3) is 0 Å². The van der Waals surface area contributed by atoms with Crippen LogP contribution in [0.25, 0.3) is 10.9 Å². The third kappa shape index (κ3) is 3.65. The van der Waals surface area contributed by atoms with Crippen LogP contribution in [0.1, 0.15) is 27.2 Å². The third-order valence-corrected chi connectivity index (χ3v) is 3.92. The van der Waals surface area contributed by atoms with Crippen molar-refractivity contribution >= 4 is 28.6 Å². The molecule has 1 aliphatic rings. The summed E-state index contributed by atoms with van der Waals surface area (Å²) in [5, 5.41) is 3.46. The Bertz CT molecular complexity index is 882. The second-order valence-corrected chi connectivity index (χ2v) is 7.04. The number of nitrogens with zero attached hydrogens (tertiary/aromatic N) is 1. The molecule has 1 fully saturated rings. The van der Waals surface area contributed by atoms with Gasteiger partial charge < -0.3 is 19.9 Å². The van der Waals surface area contributed by atoms with Crippen molar-refractivity contribution in [1.82, 2.24) is 10.3 Å². The van der Waals surface area contributed by atoms with Crippen molar-refractivity contribution in [2.75, 3.05) is 11.4 Å². The molecule has 7 heteroatoms. The monoisotopic (exact) mass is 343 g/mol. The normalized spacial score (nSPS) is 17.8. The minimum atomic E-state index is -0.638. The SMILES string of the molecule is CC(C)(C)OC(=O)NC1CCN(c2cccc3ccc(=O)[nH]c23)C1=O. The number of para-hydroxylation sites is 1. The van der Waals surface area contributed by atoms with Gasteiger partial charge in [-0.2, -0.15) is 0 Å². The highest BCUT2D eigenvalue weighted by Gasteiger charge is 2.35. The van der Waals surface area contributed by atoms with Crippen LogP contribution in [0.15, 0.2) is 35.1 Å². The molecule has 2 amide bonds. The molecule has 25 heavy (non-hydrogen) atoms. The molecular weight excluding hydrogens is 322 g/mol. The van der Waals surface area contributed by atoms with Gasteiger partial charge in [-0.05, 0) is 39.3 Å². The van der Waals surface area contributed by atoms with Crippen molar-refractivity contribution in [2.24, 2.45) is 0 Å². The number of carbonyl (C=O) groups excluding carboxylic acids is 2. The Balaban J connectivity index is 1.82. The maximum absolute atomic E-state index is 12.7. The first-order valence-corrected chi connectivity index (χ1v) is 8.17. The molecule has 1 atom stereocenters. The van der Waals surface area contributed by atoms with Gasteiger partial charge >= 0.3 is 6.09 Å². The molecule has 0 spiro atoms. The van der Waals surface area contributed by atoms with E-state index in [4.69, 9.17) is 4.74 Å². The van der Waals surface area contributed by atoms with E-state index in [1.165, 1.54) is 6.07 Å². The molecule has 0 saturated carbocycles. The Kier molecular flexibility index (Phi) is 4.24. The predicted octanol–water partition coefficient (Wildman–Crippen LogP) is 2.16. The zero-order chi connectivity index (χ0) is 18.2. The van der Waals surface area contributed by atoms with Crippen molar-refractivity contribution in [3.63, 3.8) is 0 Å². The highest BCUT2D eigenvalue weighted by Crippen LogP contribution is 2.28. The van der Waals surface area contributed by atoms with Crippen LogP contribution in [-0.4, -0.2) is 35.2 Å². The number of nitrogens with one attached hydrogen (secondary N) is 2. The maximum Gasteiger partial charge on any atom is 0.408 e. The molecule has 1 aliphatic heterocycles. The molecule has 0 aliphatic carbocycles. The highest BCUT2D eigenvalue weighted by molar-refractivity contribution is 6.06. The number of ether oxygens (including phenoxy) is 1. The van der Waals surface area contributed by atoms with Crippen molar-refractivity contribution < 1.29 is 14.3 Å². The first kappa shape index (κ1) is 17.0. The summed E-state index contributed by atoms with van der Waals surface area (Å²) >= 11 is 0. The first-order chi connectivity index (χ1) is 11.7. The number of aromatic nitrogens is 1. The quantitative estimate of drug-likeness (QED) is 0.874. The van der Waals surface area contributed by atoms with Crippen LogP contribution in [0.3, 0.4) is 0 Å². The van der Waals surface area contributed by atoms with Gasteiger partial charge in [0.1, 0.15) is 11.6 Å². The number of pyridine rings is 1. The summed E-state index contributed by atoms with van der Waals surface area (Å²) in [6.45, 7) is 5.75. The van der Waals surface area contributed by atoms with Gasteiger partial charge in [-0.3, -0.25) is 9.59 Å². The summed E-state index contributed by atoms with van der Waals surface area (Å²) in [5.74, 6) is -0.219. The lowest BCUT2D eigenvalue weighted by atomic mass is 10.2. The Hall–Kier alpha value is -2.83. The molecule has 2 N–H and O–H groups in total. The van der Waals surface area contributed by atoms with E-state index in [1.54, 1.807) is 37.8 Å². The number of aromatic amines is 1. The summed E-state index contributed by atoms with van der Waals surface area (Å²) in [7, 11) is 0. The van der Waals surface area contributed by atoms with E-state index in [9.17, 15) is 14.4 Å². The number of anilines is 1. The number of amides is 2. The fourth-order valence-corrected chi connectivity index (χ4v) is 2.89. The van der Waals surface area contributed by atoms with E-state index in [2.05, 4.69) is 10.3 Å². The van der Waals surface area contributed by atoms with Crippen molar-refractivity contribution in [3.05, 3.63) is 40.7 Å². The van der Waals surface area contributed by atoms with Crippen LogP contribution >= 0.6 is 0 Å². The van der Waals surface area contributed by atoms with Crippen LogP contribution in [-0.2, 0) is 9.53 Å². The van der Waals surface area contributed by atoms with Crippen molar-refractivity contribution in [1.29, 1.82) is 0 Å². The van der Waals surface area contributed by atoms with Gasteiger partial charge in [-0.1, -0.05) is 12.1 Å². The molecule has 3 rings (SSSR count). The van der Waals surface area contributed by atoms with Gasteiger partial charge in [0.2, 0.25) is 11.5 Å². The fourth-order valence-electron chi connectivity index (χ4n) is 2.89. The summed E-state index contributed by atoms with van der Waals surface area (Å²) in [6, 6.07) is 8.01. The molecule has 0 radical (unpaired) electrons. The van der Waals surface area contributed by atoms with Gasteiger partial charge in [0, 0.05) is 18.0 Å². The van der Waals surface area contributed by atoms with E-state index in [0.717, 1.165) is 5.39 Å². The molecular formula is C18H21N3O4. The lowest BCUT2D eigenvalue weighted by Crippen LogP contribution is -2.43. The largest absolute Gasteiger partial charge is 0.444 e. The van der Waals surface area contributed by atoms with Crippen LogP contribution in [0.4, 0.5) is 10.5 Å². The van der Waals surface area contributed by atoms with E-state index >= 15 is 0 Å². The number of alkyl carbamates (subject to hydrolysis) is 1. The highest BCUT2D eigenvalue weighted by atomic mass is 16.6. The molecule has 1 unspecified atom stereocenters. The molecule has 0 bridgehead atoms. The molecule has 2 heterocycles. The number of carbonyl (C=O) groups is 2. The Labute approximate surface area is 145 Å². The van der Waals surface area contributed by atoms with E-state index in [0.29, 0.717) is 24.2 Å². The molecule has 1 aromatic carbocycles. The zero-order valence-corrected chi connectivity index (χ0v) is 14.5. The second kappa shape index (κ2) is 6.23. The van der Waals surface area contributed by atoms with E-state index < -0.39 is 17.7 Å². The first-order valence-electron chi connectivity index (χ1n) is 8.17. The van der Waals surface area contributed by atoms with Crippen LogP contribution in [0.5, 0.6) is 0 Å². The molecule has 132 valence electrons. The summed E-state index contributed by atoms with van der Waals surface area (Å²) in [4.78, 5) is 40.6. The Morgan fingerprint density at radius 2 is 2.00 bits per heavy atom. The minimum Gasteiger partial charge on any atom is -0.444 e. The summed E-state index contributed by atoms with van der Waals surface area (Å²) in [6.07, 6.45) is -0.134. The summed E-state index contributed by atoms with van der Waals surface area (Å²) in [5.41, 5.74) is 0.394. The number of rotatable bonds is 2. The average molecular weight is 343 g/mol. The van der Waals surface area contributed by atoms with Gasteiger partial charge in [0.05, 0.1) is 11.2 Å². The molecule has 7 nitrogen and oxygen atoms in total. The second-order valence-electron chi connectivity index (χ2n) is 7.04. The lowest BCUT2D eigenvalue weighted by molar-refractivity contribution is -0.118. The standard InChI is InChI=1S/C18H21N3O4/c1-18(2,3)25-17(24)19-12-9-10-21(16(12)23)13-6-4-5-11-7-8-14(22)20-15(11)13/h4-8,12H,9-10H2,1-3H3,(H,19,24)(H,20,22). The fraction of sp³-hybridized carbons (Fsp3) is 0.389. The number of H-pyrrole nitrogens is 1.